The molecular formula is C15H15N3O3S. The van der Waals surface area contributed by atoms with Gasteiger partial charge in [0, 0.05) is 0 Å². The number of hydrogen-bond donors (Lipinski definition) is 1. The van der Waals surface area contributed by atoms with E-state index in [1.807, 2.05) is 12.1 Å². The summed E-state index contributed by atoms with van der Waals surface area (Å²) in [5, 5.41) is 0.619. The first-order valence-electron chi connectivity index (χ1n) is 6.71. The third-order valence-corrected chi connectivity index (χ3v) is 4.62. The lowest BCUT2D eigenvalue weighted by Crippen LogP contribution is -2.40. The van der Waals surface area contributed by atoms with E-state index in [0.717, 1.165) is 5.56 Å². The number of carbonyl (C=O) groups is 2. The Morgan fingerprint density at radius 1 is 1.41 bits per heavy atom. The van der Waals surface area contributed by atoms with Gasteiger partial charge in [0.2, 0.25) is 11.8 Å². The van der Waals surface area contributed by atoms with Gasteiger partial charge < -0.3 is 10.5 Å². The number of allylic oxidation sites excluding steroid dienone is 1. The predicted molar refractivity (Wildman–Crippen MR) is 84.4 cm³/mol. The molecule has 6 nitrogen and oxygen atoms in total. The van der Waals surface area contributed by atoms with Gasteiger partial charge >= 0.3 is 0 Å². The summed E-state index contributed by atoms with van der Waals surface area (Å²) in [5.74, 6) is 0.392. The molecule has 2 aliphatic rings. The topological polar surface area (TPSA) is 85.0 Å². The molecule has 0 radical (unpaired) electrons. The third kappa shape index (κ3) is 2.27. The SMILES string of the molecule is COc1ccc([C@@H]2C(C(N)=O)=C(C)N=C3SCC(=O)N32)cc1. The zero-order chi connectivity index (χ0) is 15.9. The number of amidine groups is 1. The summed E-state index contributed by atoms with van der Waals surface area (Å²) in [5.41, 5.74) is 7.25. The number of carbonyl (C=O) groups excluding carboxylic acids is 2. The maximum Gasteiger partial charge on any atom is 0.248 e. The Balaban J connectivity index is 2.13. The van der Waals surface area contributed by atoms with Gasteiger partial charge in [0.1, 0.15) is 5.75 Å². The van der Waals surface area contributed by atoms with Crippen LogP contribution in [0.15, 0.2) is 40.5 Å². The molecule has 0 aromatic heterocycles. The van der Waals surface area contributed by atoms with Crippen LogP contribution < -0.4 is 10.5 Å². The van der Waals surface area contributed by atoms with Gasteiger partial charge in [0.15, 0.2) is 5.17 Å². The van der Waals surface area contributed by atoms with Crippen molar-refractivity contribution < 1.29 is 14.3 Å². The maximum atomic E-state index is 12.2. The summed E-state index contributed by atoms with van der Waals surface area (Å²) in [6, 6.07) is 6.72. The van der Waals surface area contributed by atoms with Gasteiger partial charge in [0.25, 0.3) is 0 Å². The molecule has 1 saturated heterocycles. The normalized spacial score (nSPS) is 20.8. The lowest BCUT2D eigenvalue weighted by molar-refractivity contribution is -0.125. The van der Waals surface area contributed by atoms with E-state index in [9.17, 15) is 9.59 Å². The Kier molecular flexibility index (Phi) is 3.66. The lowest BCUT2D eigenvalue weighted by atomic mass is 9.94. The summed E-state index contributed by atoms with van der Waals surface area (Å²) in [4.78, 5) is 30.0. The van der Waals surface area contributed by atoms with Gasteiger partial charge in [-0.3, -0.25) is 14.5 Å². The molecule has 1 aromatic rings. The van der Waals surface area contributed by atoms with Crippen LogP contribution in [0.2, 0.25) is 0 Å². The number of rotatable bonds is 3. The summed E-state index contributed by atoms with van der Waals surface area (Å²) >= 11 is 1.37. The molecule has 0 saturated carbocycles. The highest BCUT2D eigenvalue weighted by Crippen LogP contribution is 2.40. The Labute approximate surface area is 132 Å². The van der Waals surface area contributed by atoms with Crippen molar-refractivity contribution in [2.24, 2.45) is 10.7 Å². The second-order valence-corrected chi connectivity index (χ2v) is 5.93. The Bertz CT molecular complexity index is 709. The van der Waals surface area contributed by atoms with Crippen LogP contribution in [-0.4, -0.2) is 34.7 Å². The molecule has 2 N–H and O–H groups in total. The minimum Gasteiger partial charge on any atom is -0.497 e. The molecule has 0 bridgehead atoms. The molecule has 22 heavy (non-hydrogen) atoms. The van der Waals surface area contributed by atoms with E-state index >= 15 is 0 Å². The van der Waals surface area contributed by atoms with Crippen molar-refractivity contribution >= 4 is 28.7 Å². The van der Waals surface area contributed by atoms with Crippen LogP contribution in [0.3, 0.4) is 0 Å². The highest BCUT2D eigenvalue weighted by atomic mass is 32.2. The minimum absolute atomic E-state index is 0.0733. The summed E-state index contributed by atoms with van der Waals surface area (Å²) in [7, 11) is 1.58. The zero-order valence-corrected chi connectivity index (χ0v) is 13.0. The fraction of sp³-hybridized carbons (Fsp3) is 0.267. The van der Waals surface area contributed by atoms with Crippen LogP contribution >= 0.6 is 11.8 Å². The number of benzene rings is 1. The van der Waals surface area contributed by atoms with E-state index in [0.29, 0.717) is 27.9 Å². The fourth-order valence-electron chi connectivity index (χ4n) is 2.66. The number of nitrogens with zero attached hydrogens (tertiary/aromatic N) is 2. The van der Waals surface area contributed by atoms with Gasteiger partial charge in [-0.15, -0.1) is 0 Å². The van der Waals surface area contributed by atoms with Crippen LogP contribution in [0.25, 0.3) is 0 Å². The van der Waals surface area contributed by atoms with Crippen molar-refractivity contribution in [2.75, 3.05) is 12.9 Å². The summed E-state index contributed by atoms with van der Waals surface area (Å²) in [6.45, 7) is 1.74. The molecule has 0 spiro atoms. The average Bonchev–Trinajstić information content (AvgIpc) is 2.86. The van der Waals surface area contributed by atoms with Gasteiger partial charge in [-0.2, -0.15) is 0 Å². The summed E-state index contributed by atoms with van der Waals surface area (Å²) < 4.78 is 5.15. The number of fused-ring (bicyclic) bond motifs is 1. The first-order chi connectivity index (χ1) is 10.5. The first-order valence-corrected chi connectivity index (χ1v) is 7.69. The first kappa shape index (κ1) is 14.6. The number of hydrogen-bond acceptors (Lipinski definition) is 5. The molecular weight excluding hydrogens is 302 g/mol. The van der Waals surface area contributed by atoms with E-state index in [-0.39, 0.29) is 5.91 Å². The van der Waals surface area contributed by atoms with E-state index in [1.165, 1.54) is 11.8 Å². The second kappa shape index (κ2) is 5.49. The van der Waals surface area contributed by atoms with E-state index in [4.69, 9.17) is 10.5 Å². The van der Waals surface area contributed by atoms with Gasteiger partial charge in [0.05, 0.1) is 30.2 Å². The van der Waals surface area contributed by atoms with Crippen molar-refractivity contribution in [3.8, 4) is 5.75 Å². The number of methoxy groups -OCH3 is 1. The Morgan fingerprint density at radius 3 is 2.68 bits per heavy atom. The van der Waals surface area contributed by atoms with Crippen LogP contribution in [0, 0.1) is 0 Å². The van der Waals surface area contributed by atoms with Crippen molar-refractivity contribution in [1.82, 2.24) is 4.90 Å². The van der Waals surface area contributed by atoms with E-state index in [2.05, 4.69) is 4.99 Å². The van der Waals surface area contributed by atoms with Crippen molar-refractivity contribution in [2.45, 2.75) is 13.0 Å². The molecule has 1 atom stereocenters. The maximum absolute atomic E-state index is 12.2. The zero-order valence-electron chi connectivity index (χ0n) is 12.2. The number of primary amides is 1. The number of thioether (sulfide) groups is 1. The number of amides is 2. The molecule has 2 aliphatic heterocycles. The van der Waals surface area contributed by atoms with Crippen LogP contribution in [0.1, 0.15) is 18.5 Å². The van der Waals surface area contributed by atoms with Crippen molar-refractivity contribution in [1.29, 1.82) is 0 Å². The monoisotopic (exact) mass is 317 g/mol. The Hall–Kier alpha value is -2.28. The number of ether oxygens (including phenoxy) is 1. The van der Waals surface area contributed by atoms with Crippen molar-refractivity contribution in [3.05, 3.63) is 41.1 Å². The third-order valence-electron chi connectivity index (χ3n) is 3.68. The second-order valence-electron chi connectivity index (χ2n) is 4.99. The quantitative estimate of drug-likeness (QED) is 0.914. The molecule has 114 valence electrons. The molecule has 1 aromatic carbocycles. The van der Waals surface area contributed by atoms with Gasteiger partial charge in [-0.25, -0.2) is 4.99 Å². The highest BCUT2D eigenvalue weighted by Gasteiger charge is 2.42. The van der Waals surface area contributed by atoms with Gasteiger partial charge in [-0.1, -0.05) is 23.9 Å². The number of nitrogens with two attached hydrogens (primary N) is 1. The van der Waals surface area contributed by atoms with Gasteiger partial charge in [-0.05, 0) is 24.6 Å². The number of aliphatic imine (C=N–C) groups is 1. The van der Waals surface area contributed by atoms with Crippen LogP contribution in [0.5, 0.6) is 5.75 Å². The average molecular weight is 317 g/mol. The molecule has 2 amide bonds. The summed E-state index contributed by atoms with van der Waals surface area (Å²) in [6.07, 6.45) is 0. The largest absolute Gasteiger partial charge is 0.497 e. The molecule has 1 fully saturated rings. The highest BCUT2D eigenvalue weighted by molar-refractivity contribution is 8.15. The Morgan fingerprint density at radius 2 is 2.09 bits per heavy atom. The molecule has 0 unspecified atom stereocenters. The fourth-order valence-corrected chi connectivity index (χ4v) is 3.60. The smallest absolute Gasteiger partial charge is 0.248 e. The molecule has 3 rings (SSSR count). The molecule has 2 heterocycles. The van der Waals surface area contributed by atoms with E-state index < -0.39 is 11.9 Å². The molecule has 7 heteroatoms. The lowest BCUT2D eigenvalue weighted by Gasteiger charge is -2.32. The van der Waals surface area contributed by atoms with Crippen LogP contribution in [0.4, 0.5) is 0 Å². The van der Waals surface area contributed by atoms with Crippen LogP contribution in [-0.2, 0) is 9.59 Å². The predicted octanol–water partition coefficient (Wildman–Crippen LogP) is 1.44. The standard InChI is InChI=1S/C15H15N3O3S/c1-8-12(14(16)20)13(9-3-5-10(21-2)6-4-9)18-11(19)7-22-15(18)17-8/h3-6,13H,7H2,1-2H3,(H2,16,20)/t13-/m1/s1. The van der Waals surface area contributed by atoms with Crippen molar-refractivity contribution in [3.63, 3.8) is 0 Å². The van der Waals surface area contributed by atoms with E-state index in [1.54, 1.807) is 31.1 Å². The minimum atomic E-state index is -0.564. The molecule has 0 aliphatic carbocycles.